The predicted octanol–water partition coefficient (Wildman–Crippen LogP) is 1.89. The van der Waals surface area contributed by atoms with Crippen LogP contribution in [0.15, 0.2) is 25.0 Å². The van der Waals surface area contributed by atoms with E-state index >= 15 is 0 Å². The third-order valence-corrected chi connectivity index (χ3v) is 4.06. The third-order valence-electron chi connectivity index (χ3n) is 1.53. The van der Waals surface area contributed by atoms with Crippen molar-refractivity contribution in [2.45, 2.75) is 20.0 Å². The number of carbonyl (C=O) groups is 1. The van der Waals surface area contributed by atoms with E-state index in [2.05, 4.69) is 26.5 Å². The normalized spacial score (nSPS) is 15.8. The van der Waals surface area contributed by atoms with E-state index < -0.39 is 34.3 Å². The Balaban J connectivity index is 4.59. The second-order valence-electron chi connectivity index (χ2n) is 3.58. The molecule has 0 spiro atoms. The van der Waals surface area contributed by atoms with Crippen LogP contribution < -0.4 is 0 Å². The number of ether oxygens (including phenoxy) is 1. The van der Waals surface area contributed by atoms with E-state index in [9.17, 15) is 13.9 Å². The first-order valence-corrected chi connectivity index (χ1v) is 8.15. The van der Waals surface area contributed by atoms with Gasteiger partial charge in [0.25, 0.3) is 0 Å². The van der Waals surface area contributed by atoms with Gasteiger partial charge in [0.05, 0.1) is 12.9 Å². The number of carbonyl (C=O) groups excluding carboxylic acids is 1. The van der Waals surface area contributed by atoms with Crippen LogP contribution in [0.5, 0.6) is 0 Å². The van der Waals surface area contributed by atoms with Crippen LogP contribution in [0.3, 0.4) is 0 Å². The lowest BCUT2D eigenvalue weighted by Crippen LogP contribution is -2.20. The van der Waals surface area contributed by atoms with E-state index in [0.717, 1.165) is 0 Å². The number of phosphoric ester groups is 1. The molecule has 11 heteroatoms. The van der Waals surface area contributed by atoms with E-state index in [1.54, 1.807) is 0 Å². The lowest BCUT2D eigenvalue weighted by molar-refractivity contribution is -0.144. The zero-order valence-electron chi connectivity index (χ0n) is 10.9. The molecule has 0 saturated carbocycles. The van der Waals surface area contributed by atoms with Crippen molar-refractivity contribution in [2.24, 2.45) is 0 Å². The topological polar surface area (TPSA) is 129 Å². The average molecular weight is 330 g/mol. The Bertz CT molecular complexity index is 466. The number of esters is 1. The summed E-state index contributed by atoms with van der Waals surface area (Å²) in [5, 5.41) is 0. The van der Waals surface area contributed by atoms with Gasteiger partial charge >= 0.3 is 21.6 Å². The van der Waals surface area contributed by atoms with Crippen LogP contribution in [0.1, 0.15) is 13.8 Å². The summed E-state index contributed by atoms with van der Waals surface area (Å²) in [6.07, 6.45) is -0.234. The van der Waals surface area contributed by atoms with Crippen LogP contribution in [-0.4, -0.2) is 28.5 Å². The van der Waals surface area contributed by atoms with E-state index in [1.165, 1.54) is 13.8 Å². The molecule has 0 aromatic carbocycles. The van der Waals surface area contributed by atoms with Gasteiger partial charge in [-0.15, -0.1) is 0 Å². The summed E-state index contributed by atoms with van der Waals surface area (Å²) in [6.45, 7) is 8.78. The van der Waals surface area contributed by atoms with Gasteiger partial charge in [0.15, 0.2) is 0 Å². The second kappa shape index (κ2) is 7.73. The molecule has 0 amide bonds. The molecule has 2 unspecified atom stereocenters. The summed E-state index contributed by atoms with van der Waals surface area (Å²) in [7, 11) is -9.66. The maximum Gasteiger partial charge on any atom is 0.538 e. The molecule has 0 fully saturated rings. The Morgan fingerprint density at radius 2 is 1.95 bits per heavy atom. The highest BCUT2D eigenvalue weighted by Gasteiger charge is 2.37. The SMILES string of the molecule is C=COP(=O)(OCC(C)OC(=O)C(=C)C)OP(=O)(O)O. The summed E-state index contributed by atoms with van der Waals surface area (Å²) >= 11 is 0. The van der Waals surface area contributed by atoms with E-state index in [1.807, 2.05) is 0 Å². The molecule has 0 aliphatic carbocycles. The molecule has 0 heterocycles. The van der Waals surface area contributed by atoms with Crippen molar-refractivity contribution in [3.63, 3.8) is 0 Å². The van der Waals surface area contributed by atoms with Gasteiger partial charge in [0.1, 0.15) is 6.10 Å². The van der Waals surface area contributed by atoms with Crippen LogP contribution in [0.25, 0.3) is 0 Å². The minimum absolute atomic E-state index is 0.147. The van der Waals surface area contributed by atoms with Crippen molar-refractivity contribution < 1.29 is 41.8 Å². The molecule has 9 nitrogen and oxygen atoms in total. The Hall–Kier alpha value is -0.950. The highest BCUT2D eigenvalue weighted by Crippen LogP contribution is 2.61. The Morgan fingerprint density at radius 1 is 1.40 bits per heavy atom. The van der Waals surface area contributed by atoms with Gasteiger partial charge < -0.3 is 19.0 Å². The van der Waals surface area contributed by atoms with Crippen LogP contribution in [0.4, 0.5) is 0 Å². The monoisotopic (exact) mass is 330 g/mol. The Morgan fingerprint density at radius 3 is 2.35 bits per heavy atom. The summed E-state index contributed by atoms with van der Waals surface area (Å²) in [5.41, 5.74) is 0.147. The van der Waals surface area contributed by atoms with Crippen molar-refractivity contribution in [1.29, 1.82) is 0 Å². The fourth-order valence-electron chi connectivity index (χ4n) is 0.808. The Kier molecular flexibility index (Phi) is 7.37. The molecular formula is C9H16O9P2. The minimum Gasteiger partial charge on any atom is -0.457 e. The summed E-state index contributed by atoms with van der Waals surface area (Å²) in [5.74, 6) is -0.698. The number of hydrogen-bond acceptors (Lipinski definition) is 7. The van der Waals surface area contributed by atoms with Crippen molar-refractivity contribution in [2.75, 3.05) is 6.61 Å². The molecular weight excluding hydrogens is 314 g/mol. The number of rotatable bonds is 9. The molecule has 2 atom stereocenters. The first kappa shape index (κ1) is 19.1. The molecule has 0 aliphatic rings. The van der Waals surface area contributed by atoms with Crippen LogP contribution >= 0.6 is 15.6 Å². The predicted molar refractivity (Wildman–Crippen MR) is 68.3 cm³/mol. The first-order valence-electron chi connectivity index (χ1n) is 5.16. The molecule has 2 N–H and O–H groups in total. The zero-order chi connectivity index (χ0) is 16.0. The van der Waals surface area contributed by atoms with E-state index in [4.69, 9.17) is 14.5 Å². The summed E-state index contributed by atoms with van der Waals surface area (Å²) < 4.78 is 40.1. The van der Waals surface area contributed by atoms with Crippen molar-refractivity contribution >= 4 is 21.6 Å². The average Bonchev–Trinajstić information content (AvgIpc) is 2.24. The molecule has 0 aromatic heterocycles. The van der Waals surface area contributed by atoms with Gasteiger partial charge in [-0.3, -0.25) is 4.52 Å². The first-order chi connectivity index (χ1) is 8.99. The standard InChI is InChI=1S/C9H16O9P2/c1-5-15-20(14,18-19(11,12)13)16-6-8(4)17-9(10)7(2)3/h5,8H,1-2,6H2,3-4H3,(H2,11,12,13). The molecule has 0 bridgehead atoms. The molecule has 0 aliphatic heterocycles. The van der Waals surface area contributed by atoms with E-state index in [0.29, 0.717) is 6.26 Å². The molecule has 20 heavy (non-hydrogen) atoms. The maximum absolute atomic E-state index is 11.8. The highest BCUT2D eigenvalue weighted by atomic mass is 31.3. The zero-order valence-corrected chi connectivity index (χ0v) is 12.7. The molecule has 0 rings (SSSR count). The molecule has 0 saturated heterocycles. The quantitative estimate of drug-likeness (QED) is 0.282. The number of phosphoric acid groups is 2. The van der Waals surface area contributed by atoms with Gasteiger partial charge in [0, 0.05) is 5.57 Å². The van der Waals surface area contributed by atoms with Crippen LogP contribution in [0, 0.1) is 0 Å². The highest BCUT2D eigenvalue weighted by molar-refractivity contribution is 7.61. The van der Waals surface area contributed by atoms with Crippen LogP contribution in [-0.2, 0) is 32.0 Å². The minimum atomic E-state index is -5.10. The van der Waals surface area contributed by atoms with Gasteiger partial charge in [-0.2, -0.15) is 4.31 Å². The van der Waals surface area contributed by atoms with Crippen molar-refractivity contribution in [1.82, 2.24) is 0 Å². The van der Waals surface area contributed by atoms with Gasteiger partial charge in [0.2, 0.25) is 0 Å². The molecule has 116 valence electrons. The fourth-order valence-corrected chi connectivity index (χ4v) is 2.83. The lowest BCUT2D eigenvalue weighted by Gasteiger charge is -2.19. The lowest BCUT2D eigenvalue weighted by atomic mass is 10.3. The van der Waals surface area contributed by atoms with Crippen molar-refractivity contribution in [3.8, 4) is 0 Å². The molecule has 0 radical (unpaired) electrons. The second-order valence-corrected chi connectivity index (χ2v) is 6.58. The van der Waals surface area contributed by atoms with E-state index in [-0.39, 0.29) is 5.57 Å². The largest absolute Gasteiger partial charge is 0.538 e. The fraction of sp³-hybridized carbons (Fsp3) is 0.444. The summed E-state index contributed by atoms with van der Waals surface area (Å²) in [6, 6.07) is 0. The van der Waals surface area contributed by atoms with Gasteiger partial charge in [-0.05, 0) is 13.8 Å². The van der Waals surface area contributed by atoms with Gasteiger partial charge in [-0.25, -0.2) is 13.9 Å². The Labute approximate surface area is 116 Å². The summed E-state index contributed by atoms with van der Waals surface area (Å²) in [4.78, 5) is 28.4. The smallest absolute Gasteiger partial charge is 0.457 e. The third kappa shape index (κ3) is 8.27. The maximum atomic E-state index is 11.8. The van der Waals surface area contributed by atoms with Crippen molar-refractivity contribution in [3.05, 3.63) is 25.0 Å². The molecule has 0 aromatic rings. The van der Waals surface area contributed by atoms with Crippen LogP contribution in [0.2, 0.25) is 0 Å². The number of hydrogen-bond donors (Lipinski definition) is 2. The van der Waals surface area contributed by atoms with Gasteiger partial charge in [-0.1, -0.05) is 13.2 Å².